The Morgan fingerprint density at radius 1 is 1.17 bits per heavy atom. The number of aliphatic hydroxyl groups is 1. The molecule has 0 aliphatic rings. The van der Waals surface area contributed by atoms with Crippen LogP contribution < -0.4 is 0 Å². The molecule has 0 atom stereocenters. The van der Waals surface area contributed by atoms with Gasteiger partial charge in [-0.3, -0.25) is 0 Å². The summed E-state index contributed by atoms with van der Waals surface area (Å²) in [5.74, 6) is 0. The number of halogens is 3. The molecule has 1 nitrogen and oxygen atoms in total. The second kappa shape index (κ2) is 9.85. The van der Waals surface area contributed by atoms with Gasteiger partial charge in [0.25, 0.3) is 0 Å². The first-order valence-electron chi connectivity index (χ1n) is 1.01. The van der Waals surface area contributed by atoms with Crippen LogP contribution in [0.25, 0.3) is 0 Å². The summed E-state index contributed by atoms with van der Waals surface area (Å²) in [4.78, 5) is 0. The zero-order valence-corrected chi connectivity index (χ0v) is 8.94. The molecular formula is CH4Cl3HfO. The van der Waals surface area contributed by atoms with Gasteiger partial charge >= 0.3 is 43.6 Å². The molecule has 0 saturated carbocycles. The van der Waals surface area contributed by atoms with Crippen molar-refractivity contribution in [3.05, 3.63) is 0 Å². The fourth-order valence-electron chi connectivity index (χ4n) is 0. The third-order valence-corrected chi connectivity index (χ3v) is 0. The van der Waals surface area contributed by atoms with E-state index in [1.807, 2.05) is 0 Å². The Kier molecular flexibility index (Phi) is 17.5. The summed E-state index contributed by atoms with van der Waals surface area (Å²) in [5, 5.41) is 7.00. The van der Waals surface area contributed by atoms with Gasteiger partial charge < -0.3 is 5.11 Å². The molecule has 0 aromatic carbocycles. The van der Waals surface area contributed by atoms with E-state index in [2.05, 4.69) is 0 Å². The van der Waals surface area contributed by atoms with Crippen molar-refractivity contribution >= 4 is 25.7 Å². The Morgan fingerprint density at radius 2 is 1.17 bits per heavy atom. The van der Waals surface area contributed by atoms with Crippen LogP contribution in [0.2, 0.25) is 0 Å². The van der Waals surface area contributed by atoms with Gasteiger partial charge in [0.15, 0.2) is 0 Å². The minimum absolute atomic E-state index is 1.00. The Balaban J connectivity index is 0. The average Bonchev–Trinajstić information content (AvgIpc) is 1.41. The Morgan fingerprint density at radius 3 is 1.17 bits per heavy atom. The zero-order valence-electron chi connectivity index (χ0n) is 3.08. The molecule has 0 aromatic heterocycles. The monoisotopic (exact) mass is 317 g/mol. The summed E-state index contributed by atoms with van der Waals surface area (Å²) in [7, 11) is 16.1. The fraction of sp³-hybridized carbons (Fsp3) is 1.00. The van der Waals surface area contributed by atoms with E-state index < -0.39 is 17.9 Å². The first-order chi connectivity index (χ1) is 2.73. The molecule has 0 aromatic rings. The van der Waals surface area contributed by atoms with Crippen LogP contribution in [0.4, 0.5) is 0 Å². The van der Waals surface area contributed by atoms with Crippen LogP contribution in [0.1, 0.15) is 0 Å². The molecule has 0 aliphatic heterocycles. The van der Waals surface area contributed by atoms with Crippen LogP contribution in [0.5, 0.6) is 0 Å². The van der Waals surface area contributed by atoms with Crippen molar-refractivity contribution in [2.24, 2.45) is 0 Å². The second-order valence-electron chi connectivity index (χ2n) is 0.214. The molecule has 0 saturated heterocycles. The predicted molar refractivity (Wildman–Crippen MR) is 25.7 cm³/mol. The van der Waals surface area contributed by atoms with Gasteiger partial charge in [-0.1, -0.05) is 0 Å². The van der Waals surface area contributed by atoms with E-state index in [0.717, 1.165) is 7.11 Å². The molecule has 5 heteroatoms. The molecule has 0 unspecified atom stereocenters. The topological polar surface area (TPSA) is 20.2 Å². The first kappa shape index (κ1) is 10.6. The fourth-order valence-corrected chi connectivity index (χ4v) is 0. The number of hydrogen-bond donors (Lipinski definition) is 1. The summed E-state index contributed by atoms with van der Waals surface area (Å²) in [6.07, 6.45) is 0. The van der Waals surface area contributed by atoms with Crippen molar-refractivity contribution in [2.75, 3.05) is 7.11 Å². The van der Waals surface area contributed by atoms with Gasteiger partial charge in [0, 0.05) is 7.11 Å². The molecule has 39 valence electrons. The van der Waals surface area contributed by atoms with Gasteiger partial charge in [-0.2, -0.15) is 0 Å². The zero-order chi connectivity index (χ0) is 5.58. The SMILES string of the molecule is CO.[Cl][Hf]([Cl])[Cl]. The van der Waals surface area contributed by atoms with Crippen molar-refractivity contribution in [1.29, 1.82) is 0 Å². The van der Waals surface area contributed by atoms with Crippen molar-refractivity contribution in [2.45, 2.75) is 0 Å². The molecule has 0 fully saturated rings. The Bertz CT molecular complexity index is 15.5. The normalized spacial score (nSPS) is 5.50. The van der Waals surface area contributed by atoms with Gasteiger partial charge in [-0.15, -0.1) is 0 Å². The maximum atomic E-state index is 7.00. The van der Waals surface area contributed by atoms with E-state index in [-0.39, 0.29) is 0 Å². The van der Waals surface area contributed by atoms with Crippen molar-refractivity contribution in [1.82, 2.24) is 0 Å². The Labute approximate surface area is 55.5 Å². The summed E-state index contributed by atoms with van der Waals surface area (Å²) in [6, 6.07) is 0. The van der Waals surface area contributed by atoms with Crippen LogP contribution in [0, 0.1) is 0 Å². The molecule has 0 spiro atoms. The van der Waals surface area contributed by atoms with E-state index in [1.165, 1.54) is 0 Å². The van der Waals surface area contributed by atoms with Gasteiger partial charge in [0.2, 0.25) is 0 Å². The van der Waals surface area contributed by atoms with Crippen molar-refractivity contribution in [3.63, 3.8) is 0 Å². The molecule has 0 heterocycles. The van der Waals surface area contributed by atoms with Gasteiger partial charge in [0.05, 0.1) is 0 Å². The van der Waals surface area contributed by atoms with E-state index in [0.29, 0.717) is 0 Å². The molecule has 0 radical (unpaired) electrons. The van der Waals surface area contributed by atoms with Crippen LogP contribution in [-0.4, -0.2) is 12.2 Å². The molecular weight excluding hydrogens is 313 g/mol. The van der Waals surface area contributed by atoms with Gasteiger partial charge in [0.1, 0.15) is 0 Å². The summed E-state index contributed by atoms with van der Waals surface area (Å²) in [5.41, 5.74) is 0. The van der Waals surface area contributed by atoms with E-state index >= 15 is 0 Å². The van der Waals surface area contributed by atoms with E-state index in [1.54, 1.807) is 0 Å². The molecule has 0 aliphatic carbocycles. The molecule has 0 bridgehead atoms. The van der Waals surface area contributed by atoms with Crippen LogP contribution >= 0.6 is 25.7 Å². The standard InChI is InChI=1S/CH4O.3ClH.Hf/c1-2;;;;/h2H,1H3;3*1H;/q;;;;+3/p-3. The molecule has 0 amide bonds. The average molecular weight is 317 g/mol. The maximum absolute atomic E-state index is 7.00. The predicted octanol–water partition coefficient (Wildman–Crippen LogP) is 1.67. The summed E-state index contributed by atoms with van der Waals surface area (Å²) < 4.78 is 0. The number of aliphatic hydroxyl groups excluding tert-OH is 1. The minimum atomic E-state index is -2.24. The Hall–Kier alpha value is 1.70. The van der Waals surface area contributed by atoms with Crippen molar-refractivity contribution < 1.29 is 23.0 Å². The molecule has 6 heavy (non-hydrogen) atoms. The quantitative estimate of drug-likeness (QED) is 0.674. The van der Waals surface area contributed by atoms with Crippen LogP contribution in [0.15, 0.2) is 0 Å². The van der Waals surface area contributed by atoms with Crippen LogP contribution in [-0.2, 0) is 17.9 Å². The van der Waals surface area contributed by atoms with Crippen molar-refractivity contribution in [3.8, 4) is 0 Å². The summed E-state index contributed by atoms with van der Waals surface area (Å²) in [6.45, 7) is 0. The number of hydrogen-bond acceptors (Lipinski definition) is 1. The van der Waals surface area contributed by atoms with Gasteiger partial charge in [-0.05, 0) is 0 Å². The third-order valence-electron chi connectivity index (χ3n) is 0. The third kappa shape index (κ3) is 43.6. The summed E-state index contributed by atoms with van der Waals surface area (Å²) >= 11 is -2.24. The van der Waals surface area contributed by atoms with Crippen LogP contribution in [0.3, 0.4) is 0 Å². The van der Waals surface area contributed by atoms with E-state index in [4.69, 9.17) is 30.8 Å². The first-order valence-corrected chi connectivity index (χ1v) is 14.4. The van der Waals surface area contributed by atoms with E-state index in [9.17, 15) is 0 Å². The number of rotatable bonds is 0. The second-order valence-corrected chi connectivity index (χ2v) is 15.8. The van der Waals surface area contributed by atoms with Gasteiger partial charge in [-0.25, -0.2) is 0 Å². The molecule has 0 rings (SSSR count). The molecule has 1 N–H and O–H groups in total.